The van der Waals surface area contributed by atoms with Crippen molar-refractivity contribution >= 4 is 11.2 Å². The van der Waals surface area contributed by atoms with Gasteiger partial charge < -0.3 is 14.4 Å². The number of nitrogens with zero attached hydrogens (tertiary/aromatic N) is 4. The summed E-state index contributed by atoms with van der Waals surface area (Å²) < 4.78 is 9.96. The number of aliphatic hydroxyl groups is 1. The molecule has 1 aromatic carbocycles. The average Bonchev–Trinajstić information content (AvgIpc) is 3.07. The molecule has 0 aliphatic rings. The maximum absolute atomic E-state index is 12.8. The first kappa shape index (κ1) is 20.0. The molecule has 3 aromatic rings. The van der Waals surface area contributed by atoms with Crippen molar-refractivity contribution in [3.05, 3.63) is 62.1 Å². The van der Waals surface area contributed by atoms with Crippen molar-refractivity contribution in [3.63, 3.8) is 0 Å². The van der Waals surface area contributed by atoms with Gasteiger partial charge in [-0.1, -0.05) is 31.2 Å². The van der Waals surface area contributed by atoms with Crippen LogP contribution in [0.2, 0.25) is 0 Å². The summed E-state index contributed by atoms with van der Waals surface area (Å²) in [7, 11) is 3.09. The van der Waals surface area contributed by atoms with Crippen LogP contribution in [-0.2, 0) is 38.4 Å². The summed E-state index contributed by atoms with van der Waals surface area (Å²) in [5.41, 5.74) is 1.82. The molecule has 0 unspecified atom stereocenters. The van der Waals surface area contributed by atoms with Gasteiger partial charge in [-0.05, 0) is 17.5 Å². The maximum atomic E-state index is 12.8. The van der Waals surface area contributed by atoms with Gasteiger partial charge in [-0.3, -0.25) is 13.9 Å². The predicted octanol–water partition coefficient (Wildman–Crippen LogP) is 0.943. The molecule has 1 N–H and O–H groups in total. The smallest absolute Gasteiger partial charge is 0.332 e. The van der Waals surface area contributed by atoms with Crippen LogP contribution in [0.25, 0.3) is 11.2 Å². The Balaban J connectivity index is 2.10. The van der Waals surface area contributed by atoms with E-state index < -0.39 is 5.69 Å². The topological polar surface area (TPSA) is 91.3 Å². The molecule has 0 aliphatic heterocycles. The van der Waals surface area contributed by atoms with E-state index >= 15 is 0 Å². The number of fused-ring (bicyclic) bond motifs is 1. The molecule has 2 aromatic heterocycles. The predicted molar refractivity (Wildman–Crippen MR) is 106 cm³/mol. The standard InChI is InChI=1S/C20H26N4O4/c1-4-10-28-11-9-16-21-18-17(19(26)23(3)20(27)22(18)2)24(16)12-14-5-7-15(13-25)8-6-14/h5-8,25H,4,9-13H2,1-3H3. The Hall–Kier alpha value is -2.71. The molecule has 0 aliphatic carbocycles. The third-order valence-corrected chi connectivity index (χ3v) is 4.79. The Labute approximate surface area is 162 Å². The zero-order valence-electron chi connectivity index (χ0n) is 16.5. The quantitative estimate of drug-likeness (QED) is 0.582. The second kappa shape index (κ2) is 8.53. The normalized spacial score (nSPS) is 11.4. The van der Waals surface area contributed by atoms with Crippen LogP contribution in [-0.4, -0.2) is 37.0 Å². The molecule has 2 heterocycles. The number of rotatable bonds is 8. The molecule has 0 bridgehead atoms. The summed E-state index contributed by atoms with van der Waals surface area (Å²) in [5.74, 6) is 0.704. The van der Waals surface area contributed by atoms with E-state index in [2.05, 4.69) is 4.98 Å². The van der Waals surface area contributed by atoms with Crippen molar-refractivity contribution in [2.24, 2.45) is 14.1 Å². The highest BCUT2D eigenvalue weighted by atomic mass is 16.5. The minimum atomic E-state index is -0.400. The summed E-state index contributed by atoms with van der Waals surface area (Å²) >= 11 is 0. The lowest BCUT2D eigenvalue weighted by molar-refractivity contribution is 0.136. The van der Waals surface area contributed by atoms with E-state index in [1.807, 2.05) is 35.8 Å². The van der Waals surface area contributed by atoms with Gasteiger partial charge >= 0.3 is 5.69 Å². The molecule has 8 heteroatoms. The van der Waals surface area contributed by atoms with E-state index in [4.69, 9.17) is 4.74 Å². The SMILES string of the molecule is CCCOCCc1nc2c(c(=O)n(C)c(=O)n2C)n1Cc1ccc(CO)cc1. The number of aromatic nitrogens is 4. The average molecular weight is 386 g/mol. The van der Waals surface area contributed by atoms with Crippen molar-refractivity contribution in [1.29, 1.82) is 0 Å². The van der Waals surface area contributed by atoms with Crippen LogP contribution in [0.3, 0.4) is 0 Å². The van der Waals surface area contributed by atoms with Gasteiger partial charge in [0.1, 0.15) is 5.82 Å². The highest BCUT2D eigenvalue weighted by Gasteiger charge is 2.19. The van der Waals surface area contributed by atoms with Crippen molar-refractivity contribution in [3.8, 4) is 0 Å². The second-order valence-electron chi connectivity index (χ2n) is 6.83. The van der Waals surface area contributed by atoms with Gasteiger partial charge in [0.05, 0.1) is 13.2 Å². The van der Waals surface area contributed by atoms with Crippen LogP contribution < -0.4 is 11.2 Å². The monoisotopic (exact) mass is 386 g/mol. The summed E-state index contributed by atoms with van der Waals surface area (Å²) in [6, 6.07) is 7.54. The Morgan fingerprint density at radius 1 is 1.04 bits per heavy atom. The van der Waals surface area contributed by atoms with E-state index in [0.29, 0.717) is 43.2 Å². The van der Waals surface area contributed by atoms with Crippen molar-refractivity contribution < 1.29 is 9.84 Å². The fourth-order valence-electron chi connectivity index (χ4n) is 3.20. The lowest BCUT2D eigenvalue weighted by atomic mass is 10.1. The Morgan fingerprint density at radius 3 is 2.36 bits per heavy atom. The summed E-state index contributed by atoms with van der Waals surface area (Å²) in [5, 5.41) is 9.23. The molecule has 28 heavy (non-hydrogen) atoms. The third-order valence-electron chi connectivity index (χ3n) is 4.79. The Bertz CT molecular complexity index is 1080. The van der Waals surface area contributed by atoms with Gasteiger partial charge in [-0.2, -0.15) is 0 Å². The fraction of sp³-hybridized carbons (Fsp3) is 0.450. The Kier molecular flexibility index (Phi) is 6.11. The zero-order chi connectivity index (χ0) is 20.3. The second-order valence-corrected chi connectivity index (χ2v) is 6.83. The molecule has 0 saturated carbocycles. The molecule has 3 rings (SSSR count). The number of imidazole rings is 1. The fourth-order valence-corrected chi connectivity index (χ4v) is 3.20. The van der Waals surface area contributed by atoms with Gasteiger partial charge in [0.15, 0.2) is 11.2 Å². The summed E-state index contributed by atoms with van der Waals surface area (Å²) in [6.45, 7) is 3.64. The number of hydrogen-bond donors (Lipinski definition) is 1. The number of aliphatic hydroxyl groups excluding tert-OH is 1. The highest BCUT2D eigenvalue weighted by molar-refractivity contribution is 5.71. The molecule has 0 atom stereocenters. The van der Waals surface area contributed by atoms with Crippen LogP contribution in [0.15, 0.2) is 33.9 Å². The summed E-state index contributed by atoms with van der Waals surface area (Å²) in [6.07, 6.45) is 1.48. The van der Waals surface area contributed by atoms with Gasteiger partial charge in [0.25, 0.3) is 5.56 Å². The first-order chi connectivity index (χ1) is 13.5. The van der Waals surface area contributed by atoms with E-state index in [9.17, 15) is 14.7 Å². The molecule has 0 spiro atoms. The number of hydrogen-bond acceptors (Lipinski definition) is 5. The minimum absolute atomic E-state index is 0.0169. The van der Waals surface area contributed by atoms with Crippen molar-refractivity contribution in [1.82, 2.24) is 18.7 Å². The largest absolute Gasteiger partial charge is 0.392 e. The molecular formula is C20H26N4O4. The molecule has 0 fully saturated rings. The first-order valence-corrected chi connectivity index (χ1v) is 9.39. The van der Waals surface area contributed by atoms with Gasteiger partial charge in [-0.25, -0.2) is 9.78 Å². The van der Waals surface area contributed by atoms with Gasteiger partial charge in [0, 0.05) is 33.7 Å². The maximum Gasteiger partial charge on any atom is 0.332 e. The third kappa shape index (κ3) is 3.79. The first-order valence-electron chi connectivity index (χ1n) is 9.39. The minimum Gasteiger partial charge on any atom is -0.392 e. The van der Waals surface area contributed by atoms with E-state index in [0.717, 1.165) is 22.1 Å². The molecule has 150 valence electrons. The van der Waals surface area contributed by atoms with E-state index in [-0.39, 0.29) is 12.2 Å². The molecule has 0 saturated heterocycles. The molecule has 0 radical (unpaired) electrons. The van der Waals surface area contributed by atoms with Gasteiger partial charge in [-0.15, -0.1) is 0 Å². The van der Waals surface area contributed by atoms with Crippen LogP contribution in [0.1, 0.15) is 30.3 Å². The molecule has 8 nitrogen and oxygen atoms in total. The molecule has 0 amide bonds. The number of aryl methyl sites for hydroxylation is 1. The van der Waals surface area contributed by atoms with E-state index in [1.165, 1.54) is 11.6 Å². The van der Waals surface area contributed by atoms with Crippen LogP contribution in [0, 0.1) is 0 Å². The Morgan fingerprint density at radius 2 is 1.71 bits per heavy atom. The highest BCUT2D eigenvalue weighted by Crippen LogP contribution is 2.15. The lowest BCUT2D eigenvalue weighted by Crippen LogP contribution is -2.37. The van der Waals surface area contributed by atoms with Crippen molar-refractivity contribution in [2.75, 3.05) is 13.2 Å². The van der Waals surface area contributed by atoms with Crippen LogP contribution in [0.4, 0.5) is 0 Å². The van der Waals surface area contributed by atoms with E-state index in [1.54, 1.807) is 7.05 Å². The van der Waals surface area contributed by atoms with Crippen LogP contribution in [0.5, 0.6) is 0 Å². The van der Waals surface area contributed by atoms with Gasteiger partial charge in [0.2, 0.25) is 0 Å². The number of benzene rings is 1. The number of ether oxygens (including phenoxy) is 1. The molecular weight excluding hydrogens is 360 g/mol. The lowest BCUT2D eigenvalue weighted by Gasteiger charge is -2.10. The van der Waals surface area contributed by atoms with Crippen molar-refractivity contribution in [2.45, 2.75) is 32.9 Å². The zero-order valence-corrected chi connectivity index (χ0v) is 16.5. The van der Waals surface area contributed by atoms with Crippen LogP contribution >= 0.6 is 0 Å². The summed E-state index contributed by atoms with van der Waals surface area (Å²) in [4.78, 5) is 29.7.